The first-order valence-electron chi connectivity index (χ1n) is 8.38. The molecule has 0 fully saturated rings. The molecule has 0 spiro atoms. The van der Waals surface area contributed by atoms with Gasteiger partial charge in [-0.05, 0) is 48.9 Å². The molecular formula is C22H21NO3. The minimum Gasteiger partial charge on any atom is -0.493 e. The summed E-state index contributed by atoms with van der Waals surface area (Å²) in [5.74, 6) is 1.25. The Morgan fingerprint density at radius 1 is 0.885 bits per heavy atom. The molecule has 0 bridgehead atoms. The maximum atomic E-state index is 12.3. The van der Waals surface area contributed by atoms with Gasteiger partial charge in [0.2, 0.25) is 0 Å². The quantitative estimate of drug-likeness (QED) is 0.694. The zero-order chi connectivity index (χ0) is 18.4. The first-order chi connectivity index (χ1) is 12.7. The lowest BCUT2D eigenvalue weighted by atomic mass is 10.1. The minimum absolute atomic E-state index is 0.133. The number of para-hydroxylation sites is 2. The molecule has 3 aromatic carbocycles. The highest BCUT2D eigenvalue weighted by molar-refractivity contribution is 6.04. The molecule has 0 radical (unpaired) electrons. The number of hydrogen-bond acceptors (Lipinski definition) is 3. The zero-order valence-corrected chi connectivity index (χ0v) is 14.9. The molecule has 0 atom stereocenters. The number of methoxy groups -OCH3 is 1. The van der Waals surface area contributed by atoms with Crippen LogP contribution in [-0.4, -0.2) is 13.0 Å². The predicted molar refractivity (Wildman–Crippen MR) is 103 cm³/mol. The predicted octanol–water partition coefficient (Wildman–Crippen LogP) is 4.83. The van der Waals surface area contributed by atoms with Crippen molar-refractivity contribution in [2.24, 2.45) is 0 Å². The second-order valence-corrected chi connectivity index (χ2v) is 5.96. The van der Waals surface area contributed by atoms with Crippen LogP contribution in [-0.2, 0) is 6.61 Å². The van der Waals surface area contributed by atoms with Gasteiger partial charge in [0, 0.05) is 11.3 Å². The van der Waals surface area contributed by atoms with Crippen molar-refractivity contribution in [3.63, 3.8) is 0 Å². The van der Waals surface area contributed by atoms with Gasteiger partial charge in [0.1, 0.15) is 6.61 Å². The molecule has 0 aliphatic carbocycles. The highest BCUT2D eigenvalue weighted by Crippen LogP contribution is 2.26. The Bertz CT molecular complexity index is 871. The van der Waals surface area contributed by atoms with E-state index in [0.717, 1.165) is 16.8 Å². The number of hydrogen-bond donors (Lipinski definition) is 1. The molecule has 4 heteroatoms. The topological polar surface area (TPSA) is 47.6 Å². The molecular weight excluding hydrogens is 326 g/mol. The summed E-state index contributed by atoms with van der Waals surface area (Å²) < 4.78 is 11.1. The van der Waals surface area contributed by atoms with E-state index in [1.54, 1.807) is 19.2 Å². The molecule has 1 N–H and O–H groups in total. The average Bonchev–Trinajstić information content (AvgIpc) is 2.68. The molecule has 0 heterocycles. The largest absolute Gasteiger partial charge is 0.493 e. The van der Waals surface area contributed by atoms with Crippen LogP contribution in [0.3, 0.4) is 0 Å². The van der Waals surface area contributed by atoms with Crippen LogP contribution in [0.1, 0.15) is 21.5 Å². The Labute approximate surface area is 153 Å². The van der Waals surface area contributed by atoms with Crippen molar-refractivity contribution in [3.05, 3.63) is 89.5 Å². The summed E-state index contributed by atoms with van der Waals surface area (Å²) in [6.45, 7) is 2.41. The van der Waals surface area contributed by atoms with Crippen LogP contribution in [0.25, 0.3) is 0 Å². The Hall–Kier alpha value is -3.27. The zero-order valence-electron chi connectivity index (χ0n) is 14.9. The van der Waals surface area contributed by atoms with Crippen molar-refractivity contribution in [2.45, 2.75) is 13.5 Å². The van der Waals surface area contributed by atoms with Gasteiger partial charge in [0.25, 0.3) is 5.91 Å². The maximum Gasteiger partial charge on any atom is 0.255 e. The number of carbonyl (C=O) groups is 1. The number of amides is 1. The van der Waals surface area contributed by atoms with Gasteiger partial charge < -0.3 is 14.8 Å². The molecule has 0 aliphatic heterocycles. The highest BCUT2D eigenvalue weighted by atomic mass is 16.5. The average molecular weight is 347 g/mol. The molecule has 132 valence electrons. The lowest BCUT2D eigenvalue weighted by Gasteiger charge is -2.11. The van der Waals surface area contributed by atoms with Crippen LogP contribution in [0.5, 0.6) is 11.5 Å². The van der Waals surface area contributed by atoms with E-state index < -0.39 is 0 Å². The molecule has 3 aromatic rings. The Morgan fingerprint density at radius 3 is 2.19 bits per heavy atom. The van der Waals surface area contributed by atoms with Crippen LogP contribution in [0, 0.1) is 6.92 Å². The van der Waals surface area contributed by atoms with Crippen molar-refractivity contribution in [1.82, 2.24) is 0 Å². The normalized spacial score (nSPS) is 10.2. The molecule has 1 amide bonds. The molecule has 4 nitrogen and oxygen atoms in total. The van der Waals surface area contributed by atoms with Crippen molar-refractivity contribution >= 4 is 11.6 Å². The van der Waals surface area contributed by atoms with Crippen molar-refractivity contribution in [2.75, 3.05) is 12.4 Å². The Morgan fingerprint density at radius 2 is 1.54 bits per heavy atom. The summed E-state index contributed by atoms with van der Waals surface area (Å²) in [5, 5.41) is 2.89. The summed E-state index contributed by atoms with van der Waals surface area (Å²) in [7, 11) is 1.61. The monoisotopic (exact) mass is 347 g/mol. The fraction of sp³-hybridized carbons (Fsp3) is 0.136. The van der Waals surface area contributed by atoms with Crippen LogP contribution >= 0.6 is 0 Å². The highest BCUT2D eigenvalue weighted by Gasteiger charge is 2.07. The smallest absolute Gasteiger partial charge is 0.255 e. The van der Waals surface area contributed by atoms with E-state index in [-0.39, 0.29) is 5.91 Å². The van der Waals surface area contributed by atoms with Crippen molar-refractivity contribution < 1.29 is 14.3 Å². The van der Waals surface area contributed by atoms with Gasteiger partial charge in [-0.25, -0.2) is 0 Å². The second kappa shape index (κ2) is 8.21. The van der Waals surface area contributed by atoms with Gasteiger partial charge in [-0.2, -0.15) is 0 Å². The van der Waals surface area contributed by atoms with Crippen LogP contribution in [0.2, 0.25) is 0 Å². The third kappa shape index (κ3) is 4.42. The van der Waals surface area contributed by atoms with Gasteiger partial charge in [-0.3, -0.25) is 4.79 Å². The fourth-order valence-corrected chi connectivity index (χ4v) is 2.49. The number of benzene rings is 3. The molecule has 0 saturated heterocycles. The number of nitrogens with one attached hydrogen (secondary N) is 1. The van der Waals surface area contributed by atoms with Gasteiger partial charge >= 0.3 is 0 Å². The van der Waals surface area contributed by atoms with E-state index in [1.807, 2.05) is 67.6 Å². The number of aryl methyl sites for hydroxylation is 1. The fourth-order valence-electron chi connectivity index (χ4n) is 2.49. The van der Waals surface area contributed by atoms with E-state index in [0.29, 0.717) is 23.7 Å². The number of ether oxygens (including phenoxy) is 2. The standard InChI is InChI=1S/C22H21NO3/c1-16-7-13-19(14-8-16)23-22(24)18-11-9-17(10-12-18)15-26-21-6-4-3-5-20(21)25-2/h3-14H,15H2,1-2H3,(H,23,24). The van der Waals surface area contributed by atoms with Crippen LogP contribution in [0.4, 0.5) is 5.69 Å². The lowest BCUT2D eigenvalue weighted by molar-refractivity contribution is 0.102. The van der Waals surface area contributed by atoms with Gasteiger partial charge in [0.05, 0.1) is 7.11 Å². The van der Waals surface area contributed by atoms with Crippen molar-refractivity contribution in [1.29, 1.82) is 0 Å². The van der Waals surface area contributed by atoms with E-state index in [2.05, 4.69) is 5.32 Å². The summed E-state index contributed by atoms with van der Waals surface area (Å²) in [4.78, 5) is 12.3. The summed E-state index contributed by atoms with van der Waals surface area (Å²) in [5.41, 5.74) is 3.51. The summed E-state index contributed by atoms with van der Waals surface area (Å²) in [6, 6.07) is 22.6. The molecule has 26 heavy (non-hydrogen) atoms. The van der Waals surface area contributed by atoms with Gasteiger partial charge in [-0.1, -0.05) is 42.0 Å². The van der Waals surface area contributed by atoms with Crippen molar-refractivity contribution in [3.8, 4) is 11.5 Å². The Kier molecular flexibility index (Phi) is 5.54. The van der Waals surface area contributed by atoms with Gasteiger partial charge in [-0.15, -0.1) is 0 Å². The lowest BCUT2D eigenvalue weighted by Crippen LogP contribution is -2.11. The molecule has 3 rings (SSSR count). The first-order valence-corrected chi connectivity index (χ1v) is 8.38. The van der Waals surface area contributed by atoms with Gasteiger partial charge in [0.15, 0.2) is 11.5 Å². The molecule has 0 unspecified atom stereocenters. The van der Waals surface area contributed by atoms with Crippen LogP contribution in [0.15, 0.2) is 72.8 Å². The molecule has 0 saturated carbocycles. The van der Waals surface area contributed by atoms with E-state index in [4.69, 9.17) is 9.47 Å². The second-order valence-electron chi connectivity index (χ2n) is 5.96. The number of carbonyl (C=O) groups excluding carboxylic acids is 1. The van der Waals surface area contributed by atoms with E-state index >= 15 is 0 Å². The molecule has 0 aliphatic rings. The SMILES string of the molecule is COc1ccccc1OCc1ccc(C(=O)Nc2ccc(C)cc2)cc1. The van der Waals surface area contributed by atoms with E-state index in [1.165, 1.54) is 0 Å². The van der Waals surface area contributed by atoms with Crippen LogP contribution < -0.4 is 14.8 Å². The summed E-state index contributed by atoms with van der Waals surface area (Å²) >= 11 is 0. The Balaban J connectivity index is 1.61. The first kappa shape index (κ1) is 17.5. The summed E-state index contributed by atoms with van der Waals surface area (Å²) in [6.07, 6.45) is 0. The third-order valence-electron chi connectivity index (χ3n) is 3.99. The molecule has 0 aromatic heterocycles. The third-order valence-corrected chi connectivity index (χ3v) is 3.99. The number of anilines is 1. The number of rotatable bonds is 6. The van der Waals surface area contributed by atoms with E-state index in [9.17, 15) is 4.79 Å². The maximum absolute atomic E-state index is 12.3. The minimum atomic E-state index is -0.133.